The molecule has 0 bridgehead atoms. The van der Waals surface area contributed by atoms with Gasteiger partial charge < -0.3 is 10.1 Å². The molecule has 18 heavy (non-hydrogen) atoms. The van der Waals surface area contributed by atoms with Crippen LogP contribution >= 0.6 is 0 Å². The van der Waals surface area contributed by atoms with Gasteiger partial charge >= 0.3 is 0 Å². The van der Waals surface area contributed by atoms with Crippen LogP contribution < -0.4 is 10.1 Å². The first-order valence-corrected chi connectivity index (χ1v) is 6.30. The minimum absolute atomic E-state index is 0.696. The van der Waals surface area contributed by atoms with Crippen LogP contribution in [-0.2, 0) is 6.54 Å². The van der Waals surface area contributed by atoms with Gasteiger partial charge in [0, 0.05) is 18.3 Å². The second-order valence-electron chi connectivity index (χ2n) is 4.30. The molecule has 0 atom stereocenters. The van der Waals surface area contributed by atoms with Crippen LogP contribution in [0, 0.1) is 6.92 Å². The highest BCUT2D eigenvalue weighted by molar-refractivity contribution is 5.48. The molecule has 0 amide bonds. The average molecular weight is 241 g/mol. The van der Waals surface area contributed by atoms with E-state index in [1.807, 2.05) is 25.1 Å². The molecule has 2 heteroatoms. The number of hydrogen-bond donors (Lipinski definition) is 1. The largest absolute Gasteiger partial charge is 0.494 e. The first kappa shape index (κ1) is 12.5. The summed E-state index contributed by atoms with van der Waals surface area (Å²) in [5.41, 5.74) is 3.66. The zero-order valence-electron chi connectivity index (χ0n) is 10.9. The summed E-state index contributed by atoms with van der Waals surface area (Å²) in [4.78, 5) is 0. The fraction of sp³-hybridized carbons (Fsp3) is 0.250. The second kappa shape index (κ2) is 6.10. The lowest BCUT2D eigenvalue weighted by Gasteiger charge is -2.09. The minimum Gasteiger partial charge on any atom is -0.494 e. The summed E-state index contributed by atoms with van der Waals surface area (Å²) in [6.07, 6.45) is 0. The fourth-order valence-corrected chi connectivity index (χ4v) is 1.89. The van der Waals surface area contributed by atoms with Gasteiger partial charge in [-0.25, -0.2) is 0 Å². The van der Waals surface area contributed by atoms with E-state index in [-0.39, 0.29) is 0 Å². The van der Waals surface area contributed by atoms with Crippen molar-refractivity contribution in [3.8, 4) is 5.75 Å². The van der Waals surface area contributed by atoms with Crippen LogP contribution in [0.3, 0.4) is 0 Å². The van der Waals surface area contributed by atoms with Crippen LogP contribution in [0.1, 0.15) is 18.1 Å². The molecule has 2 aromatic carbocycles. The first-order valence-electron chi connectivity index (χ1n) is 6.30. The van der Waals surface area contributed by atoms with Crippen LogP contribution in [0.15, 0.2) is 48.5 Å². The molecule has 0 aliphatic rings. The van der Waals surface area contributed by atoms with Crippen molar-refractivity contribution in [2.24, 2.45) is 0 Å². The van der Waals surface area contributed by atoms with Gasteiger partial charge in [-0.15, -0.1) is 0 Å². The van der Waals surface area contributed by atoms with E-state index in [1.165, 1.54) is 11.1 Å². The summed E-state index contributed by atoms with van der Waals surface area (Å²) in [7, 11) is 0. The van der Waals surface area contributed by atoms with Gasteiger partial charge in [-0.05, 0) is 31.5 Å². The Bertz CT molecular complexity index is 508. The van der Waals surface area contributed by atoms with Gasteiger partial charge in [-0.2, -0.15) is 0 Å². The molecule has 0 saturated heterocycles. The van der Waals surface area contributed by atoms with Crippen molar-refractivity contribution in [3.63, 3.8) is 0 Å². The molecule has 0 fully saturated rings. The van der Waals surface area contributed by atoms with Gasteiger partial charge in [0.15, 0.2) is 0 Å². The number of hydrogen-bond acceptors (Lipinski definition) is 2. The summed E-state index contributed by atoms with van der Waals surface area (Å²) < 4.78 is 5.48. The summed E-state index contributed by atoms with van der Waals surface area (Å²) >= 11 is 0. The monoisotopic (exact) mass is 241 g/mol. The lowest BCUT2D eigenvalue weighted by Crippen LogP contribution is -2.00. The van der Waals surface area contributed by atoms with E-state index in [2.05, 4.69) is 42.6 Å². The van der Waals surface area contributed by atoms with Crippen LogP contribution in [-0.4, -0.2) is 6.61 Å². The van der Waals surface area contributed by atoms with Gasteiger partial charge in [0.2, 0.25) is 0 Å². The van der Waals surface area contributed by atoms with Crippen molar-refractivity contribution >= 4 is 5.69 Å². The van der Waals surface area contributed by atoms with Crippen LogP contribution in [0.4, 0.5) is 5.69 Å². The Balaban J connectivity index is 1.99. The molecule has 0 spiro atoms. The van der Waals surface area contributed by atoms with E-state index in [9.17, 15) is 0 Å². The summed E-state index contributed by atoms with van der Waals surface area (Å²) in [6, 6.07) is 16.6. The summed E-state index contributed by atoms with van der Waals surface area (Å²) in [5.74, 6) is 0.909. The Morgan fingerprint density at radius 2 is 1.89 bits per heavy atom. The smallest absolute Gasteiger partial charge is 0.121 e. The number of anilines is 1. The number of nitrogens with one attached hydrogen (secondary N) is 1. The standard InChI is InChI=1S/C16H19NO/c1-3-18-16-9-5-8-15(11-16)17-12-14-7-4-6-13(2)10-14/h4-11,17H,3,12H2,1-2H3. The third kappa shape index (κ3) is 3.52. The zero-order valence-corrected chi connectivity index (χ0v) is 10.9. The van der Waals surface area contributed by atoms with Crippen molar-refractivity contribution in [2.45, 2.75) is 20.4 Å². The molecular formula is C16H19NO. The third-order valence-electron chi connectivity index (χ3n) is 2.72. The Morgan fingerprint density at radius 3 is 2.67 bits per heavy atom. The van der Waals surface area contributed by atoms with Crippen molar-refractivity contribution in [3.05, 3.63) is 59.7 Å². The van der Waals surface area contributed by atoms with Gasteiger partial charge in [0.05, 0.1) is 6.61 Å². The van der Waals surface area contributed by atoms with E-state index >= 15 is 0 Å². The predicted octanol–water partition coefficient (Wildman–Crippen LogP) is 4.01. The predicted molar refractivity (Wildman–Crippen MR) is 76.1 cm³/mol. The molecule has 0 aliphatic heterocycles. The minimum atomic E-state index is 0.696. The Hall–Kier alpha value is -1.96. The first-order chi connectivity index (χ1) is 8.78. The molecule has 0 heterocycles. The molecule has 94 valence electrons. The molecule has 2 aromatic rings. The van der Waals surface area contributed by atoms with Crippen molar-refractivity contribution in [1.82, 2.24) is 0 Å². The lowest BCUT2D eigenvalue weighted by atomic mass is 10.1. The SMILES string of the molecule is CCOc1cccc(NCc2cccc(C)c2)c1. The highest BCUT2D eigenvalue weighted by Gasteiger charge is 1.97. The number of benzene rings is 2. The maximum Gasteiger partial charge on any atom is 0.121 e. The molecule has 0 radical (unpaired) electrons. The topological polar surface area (TPSA) is 21.3 Å². The number of aryl methyl sites for hydroxylation is 1. The van der Waals surface area contributed by atoms with Crippen LogP contribution in [0.25, 0.3) is 0 Å². The molecule has 0 saturated carbocycles. The van der Waals surface area contributed by atoms with Crippen LogP contribution in [0.2, 0.25) is 0 Å². The molecule has 0 aliphatic carbocycles. The van der Waals surface area contributed by atoms with Gasteiger partial charge in [-0.3, -0.25) is 0 Å². The van der Waals surface area contributed by atoms with Gasteiger partial charge in [-0.1, -0.05) is 35.9 Å². The Morgan fingerprint density at radius 1 is 1.06 bits per heavy atom. The summed E-state index contributed by atoms with van der Waals surface area (Å²) in [6.45, 7) is 5.63. The van der Waals surface area contributed by atoms with E-state index < -0.39 is 0 Å². The zero-order chi connectivity index (χ0) is 12.8. The number of ether oxygens (including phenoxy) is 1. The molecule has 2 nitrogen and oxygen atoms in total. The molecular weight excluding hydrogens is 222 g/mol. The van der Waals surface area contributed by atoms with Gasteiger partial charge in [0.1, 0.15) is 5.75 Å². The van der Waals surface area contributed by atoms with E-state index in [0.717, 1.165) is 18.0 Å². The van der Waals surface area contributed by atoms with E-state index in [4.69, 9.17) is 4.74 Å². The highest BCUT2D eigenvalue weighted by atomic mass is 16.5. The van der Waals surface area contributed by atoms with Gasteiger partial charge in [0.25, 0.3) is 0 Å². The second-order valence-corrected chi connectivity index (χ2v) is 4.30. The van der Waals surface area contributed by atoms with Crippen LogP contribution in [0.5, 0.6) is 5.75 Å². The maximum atomic E-state index is 5.48. The Kier molecular flexibility index (Phi) is 4.24. The average Bonchev–Trinajstić information content (AvgIpc) is 2.37. The van der Waals surface area contributed by atoms with E-state index in [0.29, 0.717) is 6.61 Å². The number of rotatable bonds is 5. The third-order valence-corrected chi connectivity index (χ3v) is 2.72. The Labute approximate surface area is 109 Å². The normalized spacial score (nSPS) is 10.1. The van der Waals surface area contributed by atoms with E-state index in [1.54, 1.807) is 0 Å². The fourth-order valence-electron chi connectivity index (χ4n) is 1.89. The molecule has 0 unspecified atom stereocenters. The van der Waals surface area contributed by atoms with Crippen molar-refractivity contribution in [2.75, 3.05) is 11.9 Å². The molecule has 1 N–H and O–H groups in total. The van der Waals surface area contributed by atoms with Crippen molar-refractivity contribution < 1.29 is 4.74 Å². The summed E-state index contributed by atoms with van der Waals surface area (Å²) in [5, 5.41) is 3.41. The highest BCUT2D eigenvalue weighted by Crippen LogP contribution is 2.18. The maximum absolute atomic E-state index is 5.48. The molecule has 2 rings (SSSR count). The quantitative estimate of drug-likeness (QED) is 0.854. The molecule has 0 aromatic heterocycles. The lowest BCUT2D eigenvalue weighted by molar-refractivity contribution is 0.340. The van der Waals surface area contributed by atoms with Crippen molar-refractivity contribution in [1.29, 1.82) is 0 Å².